The van der Waals surface area contributed by atoms with Crippen LogP contribution in [0.2, 0.25) is 0 Å². The lowest BCUT2D eigenvalue weighted by molar-refractivity contribution is -0.138. The first-order chi connectivity index (χ1) is 15.7. The minimum atomic E-state index is -1.13. The second-order valence-corrected chi connectivity index (χ2v) is 9.26. The number of aliphatic carboxylic acids is 1. The third kappa shape index (κ3) is 26.7. The molecule has 0 fully saturated rings. The van der Waals surface area contributed by atoms with Crippen molar-refractivity contribution in [2.24, 2.45) is 0 Å². The summed E-state index contributed by atoms with van der Waals surface area (Å²) >= 11 is 0. The second kappa shape index (κ2) is 25.9. The van der Waals surface area contributed by atoms with Crippen molar-refractivity contribution in [3.8, 4) is 0 Å². The summed E-state index contributed by atoms with van der Waals surface area (Å²) in [6, 6.07) is 0. The molecule has 0 atom stereocenters. The molecule has 0 aliphatic heterocycles. The average molecular weight is 453 g/mol. The maximum Gasteiger partial charge on any atom is 0.331 e. The van der Waals surface area contributed by atoms with Gasteiger partial charge in [0, 0.05) is 12.2 Å². The number of carbonyl (C=O) groups excluding carboxylic acids is 1. The van der Waals surface area contributed by atoms with Gasteiger partial charge in [-0.2, -0.15) is 0 Å². The van der Waals surface area contributed by atoms with E-state index < -0.39 is 11.9 Å². The van der Waals surface area contributed by atoms with Gasteiger partial charge in [0.1, 0.15) is 0 Å². The van der Waals surface area contributed by atoms with E-state index in [0.717, 1.165) is 25.0 Å². The summed E-state index contributed by atoms with van der Waals surface area (Å²) in [6.45, 7) is 2.66. The van der Waals surface area contributed by atoms with Crippen LogP contribution in [-0.2, 0) is 14.3 Å². The Hall–Kier alpha value is -1.32. The molecule has 0 aliphatic carbocycles. The highest BCUT2D eigenvalue weighted by molar-refractivity contribution is 5.90. The number of carboxylic acids is 1. The van der Waals surface area contributed by atoms with Crippen LogP contribution >= 0.6 is 0 Å². The van der Waals surface area contributed by atoms with E-state index in [4.69, 9.17) is 9.84 Å². The third-order valence-corrected chi connectivity index (χ3v) is 6.10. The maximum atomic E-state index is 11.2. The SMILES string of the molecule is CCCCCCCCCCCCCCCCCCCCCCCCOC(=O)/C=C\C(=O)O. The topological polar surface area (TPSA) is 63.6 Å². The summed E-state index contributed by atoms with van der Waals surface area (Å²) < 4.78 is 4.95. The van der Waals surface area contributed by atoms with E-state index in [1.54, 1.807) is 0 Å². The highest BCUT2D eigenvalue weighted by Gasteiger charge is 1.99. The largest absolute Gasteiger partial charge is 0.478 e. The van der Waals surface area contributed by atoms with Crippen LogP contribution in [0.4, 0.5) is 0 Å². The zero-order valence-corrected chi connectivity index (χ0v) is 21.1. The zero-order chi connectivity index (χ0) is 23.5. The Kier molecular flexibility index (Phi) is 24.9. The first-order valence-corrected chi connectivity index (χ1v) is 13.7. The summed E-state index contributed by atoms with van der Waals surface area (Å²) in [5.74, 6) is -1.71. The standard InChI is InChI=1S/C28H52O4/c1-2-3-4-5-6-7-8-9-10-11-12-13-14-15-16-17-18-19-20-21-22-23-26-32-28(31)25-24-27(29)30/h24-25H,2-23,26H2,1H3,(H,29,30)/b25-24-. The van der Waals surface area contributed by atoms with E-state index in [-0.39, 0.29) is 0 Å². The van der Waals surface area contributed by atoms with Gasteiger partial charge in [-0.25, -0.2) is 9.59 Å². The molecule has 0 spiro atoms. The smallest absolute Gasteiger partial charge is 0.331 e. The van der Waals surface area contributed by atoms with Crippen LogP contribution in [0.1, 0.15) is 148 Å². The molecule has 188 valence electrons. The number of hydrogen-bond donors (Lipinski definition) is 1. The van der Waals surface area contributed by atoms with Crippen molar-refractivity contribution in [2.45, 2.75) is 148 Å². The zero-order valence-electron chi connectivity index (χ0n) is 21.1. The Labute approximate surface area is 198 Å². The van der Waals surface area contributed by atoms with Crippen LogP contribution in [0.25, 0.3) is 0 Å². The molecule has 32 heavy (non-hydrogen) atoms. The van der Waals surface area contributed by atoms with Crippen molar-refractivity contribution in [3.05, 3.63) is 12.2 Å². The fraction of sp³-hybridized carbons (Fsp3) is 0.857. The first kappa shape index (κ1) is 30.7. The monoisotopic (exact) mass is 452 g/mol. The Bertz CT molecular complexity index is 445. The van der Waals surface area contributed by atoms with Gasteiger partial charge in [-0.15, -0.1) is 0 Å². The lowest BCUT2D eigenvalue weighted by Gasteiger charge is -2.04. The van der Waals surface area contributed by atoms with Gasteiger partial charge in [-0.1, -0.05) is 142 Å². The molecule has 0 rings (SSSR count). The molecule has 4 heteroatoms. The summed E-state index contributed by atoms with van der Waals surface area (Å²) in [7, 11) is 0. The Morgan fingerprint density at radius 3 is 1.16 bits per heavy atom. The van der Waals surface area contributed by atoms with Crippen LogP contribution in [0.3, 0.4) is 0 Å². The van der Waals surface area contributed by atoms with Gasteiger partial charge in [0.25, 0.3) is 0 Å². The van der Waals surface area contributed by atoms with Gasteiger partial charge in [0.15, 0.2) is 0 Å². The number of unbranched alkanes of at least 4 members (excludes halogenated alkanes) is 21. The van der Waals surface area contributed by atoms with Crippen molar-refractivity contribution < 1.29 is 19.4 Å². The molecule has 0 bridgehead atoms. The molecule has 4 nitrogen and oxygen atoms in total. The Morgan fingerprint density at radius 1 is 0.531 bits per heavy atom. The molecule has 0 amide bonds. The van der Waals surface area contributed by atoms with Crippen molar-refractivity contribution in [3.63, 3.8) is 0 Å². The molecule has 0 saturated heterocycles. The van der Waals surface area contributed by atoms with E-state index in [1.165, 1.54) is 128 Å². The highest BCUT2D eigenvalue weighted by Crippen LogP contribution is 2.15. The average Bonchev–Trinajstić information content (AvgIpc) is 2.78. The van der Waals surface area contributed by atoms with Crippen LogP contribution in [0.5, 0.6) is 0 Å². The molecule has 0 unspecified atom stereocenters. The van der Waals surface area contributed by atoms with E-state index in [1.807, 2.05) is 0 Å². The lowest BCUT2D eigenvalue weighted by atomic mass is 10.0. The summed E-state index contributed by atoms with van der Waals surface area (Å²) in [6.07, 6.45) is 31.5. The van der Waals surface area contributed by atoms with Crippen LogP contribution < -0.4 is 0 Å². The molecule has 1 N–H and O–H groups in total. The molecule has 0 heterocycles. The van der Waals surface area contributed by atoms with Gasteiger partial charge in [-0.3, -0.25) is 0 Å². The minimum Gasteiger partial charge on any atom is -0.478 e. The number of hydrogen-bond acceptors (Lipinski definition) is 3. The van der Waals surface area contributed by atoms with E-state index >= 15 is 0 Å². The number of ether oxygens (including phenoxy) is 1. The van der Waals surface area contributed by atoms with Crippen molar-refractivity contribution in [1.29, 1.82) is 0 Å². The van der Waals surface area contributed by atoms with E-state index in [9.17, 15) is 9.59 Å². The highest BCUT2D eigenvalue weighted by atomic mass is 16.5. The van der Waals surface area contributed by atoms with Gasteiger partial charge in [0.2, 0.25) is 0 Å². The van der Waals surface area contributed by atoms with E-state index in [2.05, 4.69) is 6.92 Å². The van der Waals surface area contributed by atoms with Gasteiger partial charge in [-0.05, 0) is 6.42 Å². The molecule has 0 aromatic heterocycles. The van der Waals surface area contributed by atoms with Gasteiger partial charge in [0.05, 0.1) is 6.61 Å². The predicted molar refractivity (Wildman–Crippen MR) is 135 cm³/mol. The van der Waals surface area contributed by atoms with Crippen molar-refractivity contribution in [2.75, 3.05) is 6.61 Å². The summed E-state index contributed by atoms with van der Waals surface area (Å²) in [5.41, 5.74) is 0. The Balaban J connectivity index is 3.11. The lowest BCUT2D eigenvalue weighted by Crippen LogP contribution is -2.03. The van der Waals surface area contributed by atoms with Gasteiger partial charge >= 0.3 is 11.9 Å². The van der Waals surface area contributed by atoms with Crippen LogP contribution in [-0.4, -0.2) is 23.7 Å². The molecule has 0 aromatic rings. The quantitative estimate of drug-likeness (QED) is 0.0854. The molecule has 0 aliphatic rings. The first-order valence-electron chi connectivity index (χ1n) is 13.7. The van der Waals surface area contributed by atoms with Crippen molar-refractivity contribution in [1.82, 2.24) is 0 Å². The number of carboxylic acid groups (broad SMARTS) is 1. The predicted octanol–water partition coefficient (Wildman–Crippen LogP) is 8.77. The molecular formula is C28H52O4. The summed E-state index contributed by atoms with van der Waals surface area (Å²) in [4.78, 5) is 21.5. The normalized spacial score (nSPS) is 11.3. The van der Waals surface area contributed by atoms with Crippen molar-refractivity contribution >= 4 is 11.9 Å². The van der Waals surface area contributed by atoms with Gasteiger partial charge < -0.3 is 9.84 Å². The van der Waals surface area contributed by atoms with Crippen LogP contribution in [0.15, 0.2) is 12.2 Å². The minimum absolute atomic E-state index is 0.377. The van der Waals surface area contributed by atoms with Crippen LogP contribution in [0, 0.1) is 0 Å². The molecular weight excluding hydrogens is 400 g/mol. The number of rotatable bonds is 25. The fourth-order valence-corrected chi connectivity index (χ4v) is 4.07. The fourth-order valence-electron chi connectivity index (χ4n) is 4.07. The third-order valence-electron chi connectivity index (χ3n) is 6.10. The number of carbonyl (C=O) groups is 2. The maximum absolute atomic E-state index is 11.2. The molecule has 0 radical (unpaired) electrons. The van der Waals surface area contributed by atoms with E-state index in [0.29, 0.717) is 6.61 Å². The molecule has 0 saturated carbocycles. The summed E-state index contributed by atoms with van der Waals surface area (Å²) in [5, 5.41) is 8.42. The molecule has 0 aromatic carbocycles. The second-order valence-electron chi connectivity index (χ2n) is 9.26. The Morgan fingerprint density at radius 2 is 0.844 bits per heavy atom. The number of esters is 1.